The Hall–Kier alpha value is -2.15. The number of hydrogen-bond acceptors (Lipinski definition) is 5. The summed E-state index contributed by atoms with van der Waals surface area (Å²) in [6.45, 7) is 1.58. The van der Waals surface area contributed by atoms with Crippen LogP contribution in [0.15, 0.2) is 24.3 Å². The number of nitrogens with one attached hydrogen (secondary N) is 1. The molecule has 1 aromatic rings. The summed E-state index contributed by atoms with van der Waals surface area (Å²) in [5.41, 5.74) is -0.0645. The fraction of sp³-hybridized carbons (Fsp3) is 0.533. The van der Waals surface area contributed by atoms with Crippen molar-refractivity contribution >= 4 is 11.6 Å². The van der Waals surface area contributed by atoms with E-state index in [2.05, 4.69) is 5.32 Å². The molecule has 1 unspecified atom stereocenters. The highest BCUT2D eigenvalue weighted by atomic mass is 16.6. The van der Waals surface area contributed by atoms with Crippen molar-refractivity contribution in [3.8, 4) is 5.75 Å². The third kappa shape index (κ3) is 5.00. The predicted octanol–water partition coefficient (Wildman–Crippen LogP) is 2.05. The quantitative estimate of drug-likeness (QED) is 0.451. The summed E-state index contributed by atoms with van der Waals surface area (Å²) in [6, 6.07) is 6.21. The zero-order valence-corrected chi connectivity index (χ0v) is 12.3. The zero-order chi connectivity index (χ0) is 15.8. The molecule has 1 N–H and O–H groups in total. The van der Waals surface area contributed by atoms with Crippen LogP contribution in [-0.2, 0) is 9.53 Å². The molecule has 1 heterocycles. The van der Waals surface area contributed by atoms with E-state index in [1.54, 1.807) is 18.2 Å². The number of ether oxygens (including phenoxy) is 2. The van der Waals surface area contributed by atoms with Crippen LogP contribution in [0.1, 0.15) is 25.7 Å². The summed E-state index contributed by atoms with van der Waals surface area (Å²) in [7, 11) is 0. The van der Waals surface area contributed by atoms with Gasteiger partial charge in [-0.15, -0.1) is 0 Å². The van der Waals surface area contributed by atoms with Gasteiger partial charge in [0.1, 0.15) is 0 Å². The standard InChI is InChI=1S/C15H20N2O5/c18-15(16-11-12-5-3-9-21-12)8-4-10-22-14-7-2-1-6-13(14)17(19)20/h1-2,6-7,12H,3-5,8-11H2,(H,16,18). The summed E-state index contributed by atoms with van der Waals surface area (Å²) in [4.78, 5) is 22.0. The average molecular weight is 308 g/mol. The first-order valence-electron chi connectivity index (χ1n) is 7.41. The van der Waals surface area contributed by atoms with Crippen molar-refractivity contribution in [3.63, 3.8) is 0 Å². The Morgan fingerprint density at radius 1 is 1.45 bits per heavy atom. The Morgan fingerprint density at radius 3 is 3.00 bits per heavy atom. The van der Waals surface area contributed by atoms with E-state index < -0.39 is 4.92 Å². The van der Waals surface area contributed by atoms with E-state index in [1.807, 2.05) is 0 Å². The maximum absolute atomic E-state index is 11.7. The first-order valence-corrected chi connectivity index (χ1v) is 7.41. The molecule has 1 amide bonds. The minimum atomic E-state index is -0.482. The highest BCUT2D eigenvalue weighted by molar-refractivity contribution is 5.75. The minimum Gasteiger partial charge on any atom is -0.487 e. The molecule has 0 bridgehead atoms. The largest absolute Gasteiger partial charge is 0.487 e. The number of hydrogen-bond donors (Lipinski definition) is 1. The van der Waals surface area contributed by atoms with Crippen molar-refractivity contribution in [3.05, 3.63) is 34.4 Å². The Bertz CT molecular complexity index is 514. The van der Waals surface area contributed by atoms with E-state index in [0.717, 1.165) is 19.4 Å². The number of amides is 1. The van der Waals surface area contributed by atoms with Crippen LogP contribution in [0.4, 0.5) is 5.69 Å². The number of carbonyl (C=O) groups is 1. The van der Waals surface area contributed by atoms with E-state index in [1.165, 1.54) is 6.07 Å². The number of benzene rings is 1. The van der Waals surface area contributed by atoms with Gasteiger partial charge in [0.15, 0.2) is 5.75 Å². The predicted molar refractivity (Wildman–Crippen MR) is 79.8 cm³/mol. The van der Waals surface area contributed by atoms with Gasteiger partial charge in [0.05, 0.1) is 17.6 Å². The molecule has 120 valence electrons. The average Bonchev–Trinajstić information content (AvgIpc) is 3.03. The summed E-state index contributed by atoms with van der Waals surface area (Å²) >= 11 is 0. The molecule has 0 aliphatic carbocycles. The molecule has 7 nitrogen and oxygen atoms in total. The van der Waals surface area contributed by atoms with Crippen LogP contribution in [0.5, 0.6) is 5.75 Å². The SMILES string of the molecule is O=C(CCCOc1ccccc1[N+](=O)[O-])NCC1CCCO1. The maximum atomic E-state index is 11.7. The van der Waals surface area contributed by atoms with E-state index in [4.69, 9.17) is 9.47 Å². The lowest BCUT2D eigenvalue weighted by molar-refractivity contribution is -0.385. The molecular weight excluding hydrogens is 288 g/mol. The molecule has 1 aromatic carbocycles. The second-order valence-electron chi connectivity index (χ2n) is 5.12. The molecule has 1 fully saturated rings. The van der Waals surface area contributed by atoms with Gasteiger partial charge < -0.3 is 14.8 Å². The second kappa shape index (κ2) is 8.33. The third-order valence-electron chi connectivity index (χ3n) is 3.42. The Labute approximate surface area is 128 Å². The van der Waals surface area contributed by atoms with Crippen LogP contribution in [0, 0.1) is 10.1 Å². The van der Waals surface area contributed by atoms with Crippen LogP contribution in [0.25, 0.3) is 0 Å². The van der Waals surface area contributed by atoms with Crippen LogP contribution in [0.2, 0.25) is 0 Å². The van der Waals surface area contributed by atoms with E-state index >= 15 is 0 Å². The highest BCUT2D eigenvalue weighted by Crippen LogP contribution is 2.25. The van der Waals surface area contributed by atoms with Crippen LogP contribution < -0.4 is 10.1 Å². The van der Waals surface area contributed by atoms with E-state index in [-0.39, 0.29) is 30.1 Å². The molecular formula is C15H20N2O5. The number of para-hydroxylation sites is 2. The van der Waals surface area contributed by atoms with Crippen molar-refractivity contribution in [1.82, 2.24) is 5.32 Å². The molecule has 0 aromatic heterocycles. The summed E-state index contributed by atoms with van der Waals surface area (Å²) < 4.78 is 10.8. The minimum absolute atomic E-state index is 0.0540. The lowest BCUT2D eigenvalue weighted by atomic mass is 10.2. The number of carbonyl (C=O) groups excluding carboxylic acids is 1. The molecule has 1 aliphatic rings. The van der Waals surface area contributed by atoms with Crippen molar-refractivity contribution in [2.45, 2.75) is 31.8 Å². The van der Waals surface area contributed by atoms with E-state index in [9.17, 15) is 14.9 Å². The van der Waals surface area contributed by atoms with Gasteiger partial charge in [-0.25, -0.2) is 0 Å². The summed E-state index contributed by atoms with van der Waals surface area (Å²) in [5, 5.41) is 13.6. The van der Waals surface area contributed by atoms with Crippen molar-refractivity contribution in [1.29, 1.82) is 0 Å². The molecule has 0 saturated carbocycles. The van der Waals surface area contributed by atoms with Crippen molar-refractivity contribution in [2.75, 3.05) is 19.8 Å². The van der Waals surface area contributed by atoms with Gasteiger partial charge in [-0.3, -0.25) is 14.9 Å². The Morgan fingerprint density at radius 2 is 2.27 bits per heavy atom. The lowest BCUT2D eigenvalue weighted by Crippen LogP contribution is -2.31. The smallest absolute Gasteiger partial charge is 0.310 e. The molecule has 0 radical (unpaired) electrons. The molecule has 0 spiro atoms. The highest BCUT2D eigenvalue weighted by Gasteiger charge is 2.16. The van der Waals surface area contributed by atoms with Crippen LogP contribution >= 0.6 is 0 Å². The summed E-state index contributed by atoms with van der Waals surface area (Å²) in [6.07, 6.45) is 2.99. The van der Waals surface area contributed by atoms with Gasteiger partial charge in [-0.1, -0.05) is 12.1 Å². The molecule has 1 saturated heterocycles. The molecule has 1 atom stereocenters. The number of nitro benzene ring substituents is 1. The van der Waals surface area contributed by atoms with Gasteiger partial charge in [0.25, 0.3) is 0 Å². The van der Waals surface area contributed by atoms with Crippen molar-refractivity contribution < 1.29 is 19.2 Å². The Kier molecular flexibility index (Phi) is 6.14. The van der Waals surface area contributed by atoms with Gasteiger partial charge in [0.2, 0.25) is 5.91 Å². The third-order valence-corrected chi connectivity index (χ3v) is 3.42. The van der Waals surface area contributed by atoms with Crippen molar-refractivity contribution in [2.24, 2.45) is 0 Å². The van der Waals surface area contributed by atoms with Crippen LogP contribution in [-0.4, -0.2) is 36.7 Å². The van der Waals surface area contributed by atoms with Gasteiger partial charge in [-0.2, -0.15) is 0 Å². The fourth-order valence-corrected chi connectivity index (χ4v) is 2.27. The molecule has 7 heteroatoms. The zero-order valence-electron chi connectivity index (χ0n) is 12.3. The molecule has 2 rings (SSSR count). The van der Waals surface area contributed by atoms with E-state index in [0.29, 0.717) is 19.4 Å². The monoisotopic (exact) mass is 308 g/mol. The number of rotatable bonds is 8. The molecule has 22 heavy (non-hydrogen) atoms. The second-order valence-corrected chi connectivity index (χ2v) is 5.12. The Balaban J connectivity index is 1.64. The number of nitro groups is 1. The number of nitrogens with zero attached hydrogens (tertiary/aromatic N) is 1. The maximum Gasteiger partial charge on any atom is 0.310 e. The normalized spacial score (nSPS) is 17.2. The summed E-state index contributed by atoms with van der Waals surface area (Å²) in [5.74, 6) is 0.175. The fourth-order valence-electron chi connectivity index (χ4n) is 2.27. The molecule has 1 aliphatic heterocycles. The topological polar surface area (TPSA) is 90.7 Å². The van der Waals surface area contributed by atoms with Gasteiger partial charge in [-0.05, 0) is 25.3 Å². The van der Waals surface area contributed by atoms with Gasteiger partial charge in [0, 0.05) is 25.6 Å². The first kappa shape index (κ1) is 16.2. The van der Waals surface area contributed by atoms with Gasteiger partial charge >= 0.3 is 5.69 Å². The lowest BCUT2D eigenvalue weighted by Gasteiger charge is -2.11. The van der Waals surface area contributed by atoms with Crippen LogP contribution in [0.3, 0.4) is 0 Å². The first-order chi connectivity index (χ1) is 10.7.